The van der Waals surface area contributed by atoms with Crippen LogP contribution in [0.15, 0.2) is 54.6 Å². The normalized spacial score (nSPS) is 10.1. The first kappa shape index (κ1) is 19.1. The molecule has 0 aliphatic heterocycles. The van der Waals surface area contributed by atoms with Gasteiger partial charge in [-0.25, -0.2) is 4.39 Å². The molecule has 2 rings (SSSR count). The predicted octanol–water partition coefficient (Wildman–Crippen LogP) is 1.44. The second kappa shape index (κ2) is 9.31. The summed E-state index contributed by atoms with van der Waals surface area (Å²) in [5.41, 5.74) is 0.451. The number of nitrogens with zero attached hydrogens (tertiary/aromatic N) is 1. The largest absolute Gasteiger partial charge is 0.353 e. The van der Waals surface area contributed by atoms with Crippen LogP contribution in [0.1, 0.15) is 20.7 Å². The van der Waals surface area contributed by atoms with Crippen LogP contribution in [0.25, 0.3) is 0 Å². The number of halogens is 1. The van der Waals surface area contributed by atoms with Gasteiger partial charge >= 0.3 is 0 Å². The van der Waals surface area contributed by atoms with Crippen molar-refractivity contribution in [3.63, 3.8) is 0 Å². The molecule has 0 aliphatic rings. The van der Waals surface area contributed by atoms with Crippen LogP contribution in [0.3, 0.4) is 0 Å². The van der Waals surface area contributed by atoms with Gasteiger partial charge < -0.3 is 15.5 Å². The molecule has 0 radical (unpaired) electrons. The van der Waals surface area contributed by atoms with E-state index in [1.165, 1.54) is 30.1 Å². The summed E-state index contributed by atoms with van der Waals surface area (Å²) in [5.74, 6) is -1.76. The molecule has 0 fully saturated rings. The van der Waals surface area contributed by atoms with E-state index in [9.17, 15) is 18.8 Å². The van der Waals surface area contributed by atoms with Crippen molar-refractivity contribution in [3.8, 4) is 0 Å². The van der Waals surface area contributed by atoms with E-state index in [1.807, 2.05) is 0 Å². The van der Waals surface area contributed by atoms with Gasteiger partial charge in [-0.2, -0.15) is 0 Å². The molecule has 7 heteroatoms. The molecule has 0 aliphatic carbocycles. The SMILES string of the molecule is CN(CC(=O)NCCNC(=O)c1ccccc1F)C(=O)c1ccccc1. The quantitative estimate of drug-likeness (QED) is 0.736. The van der Waals surface area contributed by atoms with E-state index in [0.717, 1.165) is 0 Å². The van der Waals surface area contributed by atoms with Crippen molar-refractivity contribution in [1.29, 1.82) is 0 Å². The number of carbonyl (C=O) groups excluding carboxylic acids is 3. The lowest BCUT2D eigenvalue weighted by atomic mass is 10.2. The Morgan fingerprint density at radius 2 is 1.54 bits per heavy atom. The summed E-state index contributed by atoms with van der Waals surface area (Å²) in [6, 6.07) is 14.3. The molecule has 0 saturated carbocycles. The maximum absolute atomic E-state index is 13.5. The summed E-state index contributed by atoms with van der Waals surface area (Å²) in [6.45, 7) is 0.219. The minimum Gasteiger partial charge on any atom is -0.353 e. The van der Waals surface area contributed by atoms with E-state index in [-0.39, 0.29) is 37.0 Å². The molecular formula is C19H20FN3O3. The van der Waals surface area contributed by atoms with Crippen LogP contribution in [0.2, 0.25) is 0 Å². The Bertz CT molecular complexity index is 781. The molecule has 2 N–H and O–H groups in total. The number of hydrogen-bond acceptors (Lipinski definition) is 3. The van der Waals surface area contributed by atoms with Gasteiger partial charge in [0.1, 0.15) is 5.82 Å². The Balaban J connectivity index is 1.71. The molecule has 0 unspecified atom stereocenters. The zero-order valence-corrected chi connectivity index (χ0v) is 14.4. The second-order valence-electron chi connectivity index (χ2n) is 5.61. The first-order chi connectivity index (χ1) is 12.5. The Hall–Kier alpha value is -3.22. The molecule has 0 aromatic heterocycles. The molecule has 3 amide bonds. The summed E-state index contributed by atoms with van der Waals surface area (Å²) in [6.07, 6.45) is 0. The zero-order chi connectivity index (χ0) is 18.9. The molecule has 0 saturated heterocycles. The number of hydrogen-bond donors (Lipinski definition) is 2. The number of rotatable bonds is 7. The molecule has 26 heavy (non-hydrogen) atoms. The third kappa shape index (κ3) is 5.41. The summed E-state index contributed by atoms with van der Waals surface area (Å²) in [7, 11) is 1.54. The number of amides is 3. The van der Waals surface area contributed by atoms with Crippen LogP contribution < -0.4 is 10.6 Å². The number of nitrogens with one attached hydrogen (secondary N) is 2. The maximum atomic E-state index is 13.5. The van der Waals surface area contributed by atoms with Gasteiger partial charge in [0.2, 0.25) is 5.91 Å². The zero-order valence-electron chi connectivity index (χ0n) is 14.4. The predicted molar refractivity (Wildman–Crippen MR) is 95.1 cm³/mol. The molecule has 2 aromatic carbocycles. The van der Waals surface area contributed by atoms with E-state index >= 15 is 0 Å². The lowest BCUT2D eigenvalue weighted by molar-refractivity contribution is -0.121. The van der Waals surface area contributed by atoms with Crippen LogP contribution in [0, 0.1) is 5.82 Å². The Kier molecular flexibility index (Phi) is 6.84. The highest BCUT2D eigenvalue weighted by molar-refractivity contribution is 5.96. The Morgan fingerprint density at radius 1 is 0.923 bits per heavy atom. The van der Waals surface area contributed by atoms with Crippen LogP contribution in [-0.2, 0) is 4.79 Å². The third-order valence-corrected chi connectivity index (χ3v) is 3.60. The molecule has 2 aromatic rings. The van der Waals surface area contributed by atoms with Gasteiger partial charge in [-0.3, -0.25) is 14.4 Å². The van der Waals surface area contributed by atoms with Gasteiger partial charge in [-0.1, -0.05) is 30.3 Å². The Labute approximate surface area is 151 Å². The van der Waals surface area contributed by atoms with Gasteiger partial charge in [0, 0.05) is 25.7 Å². The summed E-state index contributed by atoms with van der Waals surface area (Å²) in [4.78, 5) is 37.1. The van der Waals surface area contributed by atoms with Gasteiger partial charge in [0.05, 0.1) is 12.1 Å². The highest BCUT2D eigenvalue weighted by Crippen LogP contribution is 2.05. The highest BCUT2D eigenvalue weighted by Gasteiger charge is 2.14. The summed E-state index contributed by atoms with van der Waals surface area (Å²) >= 11 is 0. The van der Waals surface area contributed by atoms with Crippen molar-refractivity contribution < 1.29 is 18.8 Å². The molecule has 0 bridgehead atoms. The maximum Gasteiger partial charge on any atom is 0.254 e. The third-order valence-electron chi connectivity index (χ3n) is 3.60. The fraction of sp³-hybridized carbons (Fsp3) is 0.211. The number of likely N-dealkylation sites (N-methyl/N-ethyl adjacent to an activating group) is 1. The number of benzene rings is 2. The lowest BCUT2D eigenvalue weighted by Gasteiger charge is -2.17. The first-order valence-electron chi connectivity index (χ1n) is 8.09. The number of carbonyl (C=O) groups is 3. The Morgan fingerprint density at radius 3 is 2.23 bits per heavy atom. The van der Waals surface area contributed by atoms with Crippen molar-refractivity contribution in [3.05, 3.63) is 71.5 Å². The standard InChI is InChI=1S/C19H20FN3O3/c1-23(19(26)14-7-3-2-4-8-14)13-17(24)21-11-12-22-18(25)15-9-5-6-10-16(15)20/h2-10H,11-13H2,1H3,(H,21,24)(H,22,25). The van der Waals surface area contributed by atoms with Crippen molar-refractivity contribution >= 4 is 17.7 Å². The van der Waals surface area contributed by atoms with Gasteiger partial charge in [-0.15, -0.1) is 0 Å². The summed E-state index contributed by atoms with van der Waals surface area (Å²) in [5, 5.41) is 5.12. The monoisotopic (exact) mass is 357 g/mol. The van der Waals surface area contributed by atoms with E-state index in [4.69, 9.17) is 0 Å². The first-order valence-corrected chi connectivity index (χ1v) is 8.09. The van der Waals surface area contributed by atoms with Crippen LogP contribution in [-0.4, -0.2) is 49.3 Å². The fourth-order valence-corrected chi connectivity index (χ4v) is 2.26. The molecule has 6 nitrogen and oxygen atoms in total. The molecule has 136 valence electrons. The topological polar surface area (TPSA) is 78.5 Å². The van der Waals surface area contributed by atoms with Crippen molar-refractivity contribution in [2.45, 2.75) is 0 Å². The highest BCUT2D eigenvalue weighted by atomic mass is 19.1. The average Bonchev–Trinajstić information content (AvgIpc) is 2.65. The smallest absolute Gasteiger partial charge is 0.254 e. The van der Waals surface area contributed by atoms with E-state index in [0.29, 0.717) is 5.56 Å². The molecule has 0 spiro atoms. The van der Waals surface area contributed by atoms with Crippen molar-refractivity contribution in [2.75, 3.05) is 26.7 Å². The van der Waals surface area contributed by atoms with Gasteiger partial charge in [-0.05, 0) is 24.3 Å². The second-order valence-corrected chi connectivity index (χ2v) is 5.61. The van der Waals surface area contributed by atoms with Crippen LogP contribution >= 0.6 is 0 Å². The van der Waals surface area contributed by atoms with E-state index in [1.54, 1.807) is 36.4 Å². The van der Waals surface area contributed by atoms with E-state index in [2.05, 4.69) is 10.6 Å². The van der Waals surface area contributed by atoms with Gasteiger partial charge in [0.25, 0.3) is 11.8 Å². The van der Waals surface area contributed by atoms with Gasteiger partial charge in [0.15, 0.2) is 0 Å². The van der Waals surface area contributed by atoms with E-state index < -0.39 is 11.7 Å². The lowest BCUT2D eigenvalue weighted by Crippen LogP contribution is -2.41. The molecule has 0 heterocycles. The van der Waals surface area contributed by atoms with Crippen molar-refractivity contribution in [2.24, 2.45) is 0 Å². The summed E-state index contributed by atoms with van der Waals surface area (Å²) < 4.78 is 13.5. The van der Waals surface area contributed by atoms with Crippen LogP contribution in [0.5, 0.6) is 0 Å². The minimum atomic E-state index is -0.602. The minimum absolute atomic E-state index is 0.0491. The molecular weight excluding hydrogens is 337 g/mol. The van der Waals surface area contributed by atoms with Crippen molar-refractivity contribution in [1.82, 2.24) is 15.5 Å². The van der Waals surface area contributed by atoms with Crippen LogP contribution in [0.4, 0.5) is 4.39 Å². The molecule has 0 atom stereocenters. The average molecular weight is 357 g/mol. The fourth-order valence-electron chi connectivity index (χ4n) is 2.26.